The summed E-state index contributed by atoms with van der Waals surface area (Å²) in [6.45, 7) is 1.68. The molecule has 27 heavy (non-hydrogen) atoms. The normalized spacial score (nSPS) is 19.7. The number of morpholine rings is 1. The zero-order valence-electron chi connectivity index (χ0n) is 15.6. The first kappa shape index (κ1) is 18.1. The molecule has 1 aromatic carbocycles. The van der Waals surface area contributed by atoms with Gasteiger partial charge in [0.15, 0.2) is 5.82 Å². The van der Waals surface area contributed by atoms with Crippen LogP contribution in [0.15, 0.2) is 22.7 Å². The molecule has 2 heterocycles. The first-order chi connectivity index (χ1) is 13.2. The summed E-state index contributed by atoms with van der Waals surface area (Å²) in [6, 6.07) is 6.15. The number of benzene rings is 1. The lowest BCUT2D eigenvalue weighted by Gasteiger charge is -2.33. The van der Waals surface area contributed by atoms with E-state index in [2.05, 4.69) is 28.3 Å². The first-order valence-corrected chi connectivity index (χ1v) is 9.54. The zero-order chi connectivity index (χ0) is 18.6. The first-order valence-electron chi connectivity index (χ1n) is 9.54. The molecule has 0 N–H and O–H groups in total. The molecule has 1 fully saturated rings. The molecule has 4 rings (SSSR count). The molecule has 1 atom stereocenters. The fraction of sp³-hybridized carbons (Fsp3) is 0.550. The molecule has 1 aromatic heterocycles. The lowest BCUT2D eigenvalue weighted by Crippen LogP contribution is -2.44. The number of carbonyl (C=O) groups is 1. The maximum absolute atomic E-state index is 13.0. The molecule has 7 nitrogen and oxygen atoms in total. The van der Waals surface area contributed by atoms with E-state index in [0.29, 0.717) is 37.9 Å². The number of carbonyl (C=O) groups excluding carboxylic acids is 1. The summed E-state index contributed by atoms with van der Waals surface area (Å²) in [5.41, 5.74) is 3.89. The molecule has 2 aromatic rings. The fourth-order valence-electron chi connectivity index (χ4n) is 3.87. The zero-order valence-corrected chi connectivity index (χ0v) is 15.6. The molecule has 0 unspecified atom stereocenters. The number of hydrogen-bond donors (Lipinski definition) is 0. The van der Waals surface area contributed by atoms with Crippen LogP contribution in [0.2, 0.25) is 0 Å². The minimum Gasteiger partial charge on any atom is -0.377 e. The van der Waals surface area contributed by atoms with Crippen molar-refractivity contribution in [2.24, 2.45) is 0 Å². The van der Waals surface area contributed by atoms with Crippen LogP contribution in [-0.2, 0) is 40.1 Å². The molecule has 0 saturated carbocycles. The lowest BCUT2D eigenvalue weighted by atomic mass is 9.90. The predicted molar refractivity (Wildman–Crippen MR) is 97.1 cm³/mol. The second-order valence-corrected chi connectivity index (χ2v) is 7.14. The molecule has 1 amide bonds. The lowest BCUT2D eigenvalue weighted by molar-refractivity contribution is -0.139. The van der Waals surface area contributed by atoms with Gasteiger partial charge >= 0.3 is 0 Å². The Morgan fingerprint density at radius 2 is 2.15 bits per heavy atom. The molecule has 0 radical (unpaired) electrons. The topological polar surface area (TPSA) is 77.7 Å². The number of methoxy groups -OCH3 is 1. The fourth-order valence-corrected chi connectivity index (χ4v) is 3.87. The second kappa shape index (κ2) is 8.19. The highest BCUT2D eigenvalue weighted by molar-refractivity contribution is 5.79. The SMILES string of the molecule is COCc1nc([C@@H]2COCCN2C(=O)Cc2ccc3c(c2)CCCC3)no1. The molecule has 1 aliphatic carbocycles. The van der Waals surface area contributed by atoms with Crippen molar-refractivity contribution in [3.63, 3.8) is 0 Å². The maximum atomic E-state index is 13.0. The third-order valence-electron chi connectivity index (χ3n) is 5.27. The number of ether oxygens (including phenoxy) is 2. The Balaban J connectivity index is 1.48. The Kier molecular flexibility index (Phi) is 5.50. The Morgan fingerprint density at radius 1 is 1.30 bits per heavy atom. The quantitative estimate of drug-likeness (QED) is 0.802. The van der Waals surface area contributed by atoms with Crippen molar-refractivity contribution >= 4 is 5.91 Å². The molecular formula is C20H25N3O4. The van der Waals surface area contributed by atoms with Crippen LogP contribution in [0.1, 0.15) is 47.3 Å². The Morgan fingerprint density at radius 3 is 3.00 bits per heavy atom. The maximum Gasteiger partial charge on any atom is 0.252 e. The van der Waals surface area contributed by atoms with Crippen molar-refractivity contribution < 1.29 is 18.8 Å². The van der Waals surface area contributed by atoms with Crippen LogP contribution < -0.4 is 0 Å². The highest BCUT2D eigenvalue weighted by Crippen LogP contribution is 2.25. The summed E-state index contributed by atoms with van der Waals surface area (Å²) in [4.78, 5) is 19.2. The number of aryl methyl sites for hydroxylation is 2. The van der Waals surface area contributed by atoms with E-state index in [9.17, 15) is 4.79 Å². The predicted octanol–water partition coefficient (Wildman–Crippen LogP) is 2.24. The molecule has 7 heteroatoms. The largest absolute Gasteiger partial charge is 0.377 e. The van der Waals surface area contributed by atoms with Crippen molar-refractivity contribution in [3.8, 4) is 0 Å². The molecule has 0 spiro atoms. The molecular weight excluding hydrogens is 346 g/mol. The van der Waals surface area contributed by atoms with Gasteiger partial charge in [-0.2, -0.15) is 4.98 Å². The van der Waals surface area contributed by atoms with E-state index in [1.807, 2.05) is 4.90 Å². The van der Waals surface area contributed by atoms with E-state index in [-0.39, 0.29) is 18.6 Å². The van der Waals surface area contributed by atoms with Crippen LogP contribution >= 0.6 is 0 Å². The van der Waals surface area contributed by atoms with E-state index in [1.165, 1.54) is 24.0 Å². The van der Waals surface area contributed by atoms with E-state index >= 15 is 0 Å². The van der Waals surface area contributed by atoms with Crippen molar-refractivity contribution in [2.45, 2.75) is 44.8 Å². The van der Waals surface area contributed by atoms with E-state index in [4.69, 9.17) is 14.0 Å². The molecule has 144 valence electrons. The van der Waals surface area contributed by atoms with Crippen LogP contribution in [0.4, 0.5) is 0 Å². The van der Waals surface area contributed by atoms with E-state index in [0.717, 1.165) is 18.4 Å². The monoisotopic (exact) mass is 371 g/mol. The smallest absolute Gasteiger partial charge is 0.252 e. The van der Waals surface area contributed by atoms with Gasteiger partial charge in [-0.1, -0.05) is 23.4 Å². The van der Waals surface area contributed by atoms with Crippen LogP contribution in [0.3, 0.4) is 0 Å². The third-order valence-corrected chi connectivity index (χ3v) is 5.27. The van der Waals surface area contributed by atoms with Gasteiger partial charge < -0.3 is 18.9 Å². The summed E-state index contributed by atoms with van der Waals surface area (Å²) >= 11 is 0. The van der Waals surface area contributed by atoms with Crippen LogP contribution in [-0.4, -0.2) is 47.8 Å². The molecule has 1 saturated heterocycles. The Labute approximate surface area is 158 Å². The van der Waals surface area contributed by atoms with Gasteiger partial charge in [-0.15, -0.1) is 0 Å². The van der Waals surface area contributed by atoms with Gasteiger partial charge in [0.05, 0.1) is 19.6 Å². The van der Waals surface area contributed by atoms with Crippen molar-refractivity contribution in [3.05, 3.63) is 46.6 Å². The van der Waals surface area contributed by atoms with Gasteiger partial charge in [-0.3, -0.25) is 4.79 Å². The van der Waals surface area contributed by atoms with Crippen molar-refractivity contribution in [1.82, 2.24) is 15.0 Å². The number of amides is 1. The average Bonchev–Trinajstić information content (AvgIpc) is 3.17. The minimum absolute atomic E-state index is 0.0668. The van der Waals surface area contributed by atoms with Gasteiger partial charge in [0, 0.05) is 13.7 Å². The number of nitrogens with zero attached hydrogens (tertiary/aromatic N) is 3. The second-order valence-electron chi connectivity index (χ2n) is 7.14. The van der Waals surface area contributed by atoms with Crippen LogP contribution in [0, 0.1) is 0 Å². The Hall–Kier alpha value is -2.25. The summed E-state index contributed by atoms with van der Waals surface area (Å²) < 4.78 is 15.8. The van der Waals surface area contributed by atoms with Gasteiger partial charge in [0.25, 0.3) is 5.89 Å². The standard InChI is InChI=1S/C20H25N3O4/c1-25-13-18-21-20(22-27-18)17-12-26-9-8-23(17)19(24)11-14-6-7-15-4-2-3-5-16(15)10-14/h6-7,10,17H,2-5,8-9,11-13H2,1H3/t17-/m0/s1. The minimum atomic E-state index is -0.321. The highest BCUT2D eigenvalue weighted by atomic mass is 16.5. The number of aromatic nitrogens is 2. The van der Waals surface area contributed by atoms with E-state index < -0.39 is 0 Å². The molecule has 2 aliphatic rings. The van der Waals surface area contributed by atoms with E-state index in [1.54, 1.807) is 7.11 Å². The Bertz CT molecular complexity index is 804. The molecule has 1 aliphatic heterocycles. The summed E-state index contributed by atoms with van der Waals surface area (Å²) in [7, 11) is 1.57. The van der Waals surface area contributed by atoms with Gasteiger partial charge in [0.2, 0.25) is 5.91 Å². The van der Waals surface area contributed by atoms with Gasteiger partial charge in [-0.25, -0.2) is 0 Å². The van der Waals surface area contributed by atoms with Crippen molar-refractivity contribution in [1.29, 1.82) is 0 Å². The highest BCUT2D eigenvalue weighted by Gasteiger charge is 2.32. The summed E-state index contributed by atoms with van der Waals surface area (Å²) in [5, 5.41) is 4.02. The van der Waals surface area contributed by atoms with Gasteiger partial charge in [0.1, 0.15) is 12.6 Å². The summed E-state index contributed by atoms with van der Waals surface area (Å²) in [5.74, 6) is 0.942. The van der Waals surface area contributed by atoms with Crippen LogP contribution in [0.5, 0.6) is 0 Å². The number of hydrogen-bond acceptors (Lipinski definition) is 6. The molecule has 0 bridgehead atoms. The number of rotatable bonds is 5. The number of fused-ring (bicyclic) bond motifs is 1. The van der Waals surface area contributed by atoms with Gasteiger partial charge in [-0.05, 0) is 42.4 Å². The van der Waals surface area contributed by atoms with Crippen LogP contribution in [0.25, 0.3) is 0 Å². The third kappa shape index (κ3) is 4.04. The average molecular weight is 371 g/mol. The summed E-state index contributed by atoms with van der Waals surface area (Å²) in [6.07, 6.45) is 5.14. The van der Waals surface area contributed by atoms with Crippen molar-refractivity contribution in [2.75, 3.05) is 26.9 Å².